The second kappa shape index (κ2) is 3.56. The Morgan fingerprint density at radius 1 is 1.06 bits per heavy atom. The molecule has 1 aliphatic heterocycles. The second-order valence-corrected chi connectivity index (χ2v) is 3.86. The number of rotatable bonds is 1. The molecule has 0 atom stereocenters. The van der Waals surface area contributed by atoms with E-state index in [1.807, 2.05) is 42.5 Å². The number of carbonyl (C=O) groups is 1. The van der Waals surface area contributed by atoms with Gasteiger partial charge in [-0.3, -0.25) is 0 Å². The summed E-state index contributed by atoms with van der Waals surface area (Å²) in [7, 11) is 0. The zero-order valence-corrected chi connectivity index (χ0v) is 8.92. The van der Waals surface area contributed by atoms with Crippen LogP contribution < -0.4 is 0 Å². The van der Waals surface area contributed by atoms with Crippen LogP contribution in [0.2, 0.25) is 0 Å². The van der Waals surface area contributed by atoms with Crippen LogP contribution in [-0.4, -0.2) is 16.1 Å². The number of hydrogen-bond acceptors (Lipinski definition) is 2. The molecule has 3 rings (SSSR count). The molecule has 1 aromatic carbocycles. The van der Waals surface area contributed by atoms with Crippen LogP contribution in [0.1, 0.15) is 10.5 Å². The maximum absolute atomic E-state index is 10.9. The van der Waals surface area contributed by atoms with E-state index in [1.54, 1.807) is 6.07 Å². The summed E-state index contributed by atoms with van der Waals surface area (Å²) in [6.07, 6.45) is 0. The monoisotopic (exact) mass is 223 g/mol. The molecule has 1 N–H and O–H groups in total. The van der Waals surface area contributed by atoms with Gasteiger partial charge in [0.2, 0.25) is 0 Å². The van der Waals surface area contributed by atoms with Crippen molar-refractivity contribution in [3.63, 3.8) is 0 Å². The van der Waals surface area contributed by atoms with Gasteiger partial charge in [-0.25, -0.2) is 9.78 Å². The molecule has 0 aromatic heterocycles. The van der Waals surface area contributed by atoms with Crippen LogP contribution in [0.4, 0.5) is 0 Å². The van der Waals surface area contributed by atoms with E-state index in [-0.39, 0.29) is 5.69 Å². The number of carboxylic acids is 1. The van der Waals surface area contributed by atoms with Crippen molar-refractivity contribution in [2.75, 3.05) is 0 Å². The van der Waals surface area contributed by atoms with E-state index in [0.29, 0.717) is 0 Å². The lowest BCUT2D eigenvalue weighted by Gasteiger charge is -1.95. The van der Waals surface area contributed by atoms with E-state index >= 15 is 0 Å². The standard InChI is InChI=1S/C14H9NO2/c16-14(17)12-8-10-6-3-5-9-4-1-2-7-11(9)13(10)15-12/h1-8H,(H,16,17). The molecule has 1 aromatic rings. The summed E-state index contributed by atoms with van der Waals surface area (Å²) >= 11 is 0. The molecular weight excluding hydrogens is 214 g/mol. The zero-order valence-electron chi connectivity index (χ0n) is 8.92. The smallest absolute Gasteiger partial charge is 0.354 e. The quantitative estimate of drug-likeness (QED) is 0.689. The molecule has 82 valence electrons. The average Bonchev–Trinajstić information content (AvgIpc) is 2.67. The Labute approximate surface area is 97.7 Å². The van der Waals surface area contributed by atoms with Gasteiger partial charge < -0.3 is 5.11 Å². The molecule has 0 unspecified atom stereocenters. The molecule has 17 heavy (non-hydrogen) atoms. The van der Waals surface area contributed by atoms with Gasteiger partial charge >= 0.3 is 5.97 Å². The predicted molar refractivity (Wildman–Crippen MR) is 65.3 cm³/mol. The van der Waals surface area contributed by atoms with Crippen LogP contribution in [0.3, 0.4) is 0 Å². The molecule has 1 heterocycles. The third-order valence-corrected chi connectivity index (χ3v) is 2.78. The van der Waals surface area contributed by atoms with E-state index in [2.05, 4.69) is 4.98 Å². The van der Waals surface area contributed by atoms with Crippen molar-refractivity contribution >= 4 is 16.7 Å². The van der Waals surface area contributed by atoms with Gasteiger partial charge in [0.15, 0.2) is 0 Å². The molecular formula is C14H9NO2. The molecule has 0 radical (unpaired) electrons. The van der Waals surface area contributed by atoms with E-state index in [9.17, 15) is 4.79 Å². The lowest BCUT2D eigenvalue weighted by atomic mass is 10.1. The fourth-order valence-corrected chi connectivity index (χ4v) is 2.00. The van der Waals surface area contributed by atoms with Crippen molar-refractivity contribution in [1.29, 1.82) is 0 Å². The highest BCUT2D eigenvalue weighted by Crippen LogP contribution is 2.29. The fourth-order valence-electron chi connectivity index (χ4n) is 2.00. The molecule has 0 amide bonds. The Bertz CT molecular complexity index is 691. The van der Waals surface area contributed by atoms with Crippen molar-refractivity contribution in [3.05, 3.63) is 54.2 Å². The number of aromatic carboxylic acids is 1. The molecule has 3 heteroatoms. The van der Waals surface area contributed by atoms with Gasteiger partial charge in [-0.2, -0.15) is 0 Å². The summed E-state index contributed by atoms with van der Waals surface area (Å²) in [6, 6.07) is 15.2. The summed E-state index contributed by atoms with van der Waals surface area (Å²) in [6.45, 7) is 0. The van der Waals surface area contributed by atoms with Crippen LogP contribution in [0.25, 0.3) is 22.0 Å². The first-order valence-electron chi connectivity index (χ1n) is 5.27. The van der Waals surface area contributed by atoms with Crippen molar-refractivity contribution in [2.24, 2.45) is 0 Å². The Hall–Kier alpha value is -2.42. The normalized spacial score (nSPS) is 10.8. The van der Waals surface area contributed by atoms with Gasteiger partial charge in [0.25, 0.3) is 0 Å². The largest absolute Gasteiger partial charge is 0.477 e. The maximum atomic E-state index is 10.9. The summed E-state index contributed by atoms with van der Waals surface area (Å²) < 4.78 is 0. The van der Waals surface area contributed by atoms with Crippen LogP contribution >= 0.6 is 0 Å². The van der Waals surface area contributed by atoms with Crippen LogP contribution in [0.15, 0.2) is 48.5 Å². The number of benzene rings is 1. The number of hydrogen-bond donors (Lipinski definition) is 1. The Morgan fingerprint density at radius 3 is 2.65 bits per heavy atom. The molecule has 1 aliphatic carbocycles. The Morgan fingerprint density at radius 2 is 1.82 bits per heavy atom. The number of aromatic nitrogens is 1. The highest BCUT2D eigenvalue weighted by Gasteiger charge is 2.14. The SMILES string of the molecule is O=C(O)c1cc2cccc3ccccc3c-2n1. The van der Waals surface area contributed by atoms with Gasteiger partial charge in [0.1, 0.15) is 5.69 Å². The Kier molecular flexibility index (Phi) is 2.05. The first-order valence-corrected chi connectivity index (χ1v) is 5.27. The lowest BCUT2D eigenvalue weighted by molar-refractivity contribution is 0.0691. The predicted octanol–water partition coefficient (Wildman–Crippen LogP) is 3.04. The van der Waals surface area contributed by atoms with E-state index < -0.39 is 5.97 Å². The fraction of sp³-hybridized carbons (Fsp3) is 0. The molecule has 0 spiro atoms. The third-order valence-electron chi connectivity index (χ3n) is 2.78. The van der Waals surface area contributed by atoms with E-state index in [0.717, 1.165) is 22.0 Å². The van der Waals surface area contributed by atoms with Gasteiger partial charge in [-0.05, 0) is 11.5 Å². The zero-order chi connectivity index (χ0) is 11.8. The second-order valence-electron chi connectivity index (χ2n) is 3.86. The minimum absolute atomic E-state index is 0.0938. The first kappa shape index (κ1) is 9.78. The Balaban J connectivity index is 2.44. The summed E-state index contributed by atoms with van der Waals surface area (Å²) in [5, 5.41) is 11.0. The molecule has 2 aliphatic rings. The van der Waals surface area contributed by atoms with Crippen LogP contribution in [-0.2, 0) is 0 Å². The van der Waals surface area contributed by atoms with Gasteiger partial charge in [-0.1, -0.05) is 42.5 Å². The summed E-state index contributed by atoms with van der Waals surface area (Å²) in [4.78, 5) is 15.1. The average molecular weight is 223 g/mol. The molecule has 0 bridgehead atoms. The molecule has 0 fully saturated rings. The van der Waals surface area contributed by atoms with Crippen molar-refractivity contribution in [3.8, 4) is 11.3 Å². The van der Waals surface area contributed by atoms with Gasteiger partial charge in [0, 0.05) is 10.9 Å². The van der Waals surface area contributed by atoms with Gasteiger partial charge in [-0.15, -0.1) is 0 Å². The molecule has 0 saturated heterocycles. The van der Waals surface area contributed by atoms with Crippen molar-refractivity contribution in [1.82, 2.24) is 4.98 Å². The maximum Gasteiger partial charge on any atom is 0.354 e. The molecule has 0 saturated carbocycles. The highest BCUT2D eigenvalue weighted by molar-refractivity contribution is 5.98. The first-order chi connectivity index (χ1) is 8.25. The number of carboxylic acid groups (broad SMARTS) is 1. The van der Waals surface area contributed by atoms with Crippen molar-refractivity contribution in [2.45, 2.75) is 0 Å². The minimum atomic E-state index is -0.993. The van der Waals surface area contributed by atoms with Crippen LogP contribution in [0, 0.1) is 0 Å². The number of nitrogens with zero attached hydrogens (tertiary/aromatic N) is 1. The topological polar surface area (TPSA) is 50.2 Å². The van der Waals surface area contributed by atoms with Crippen molar-refractivity contribution < 1.29 is 9.90 Å². The highest BCUT2D eigenvalue weighted by atomic mass is 16.4. The lowest BCUT2D eigenvalue weighted by Crippen LogP contribution is -1.94. The number of fused-ring (bicyclic) bond motifs is 3. The third kappa shape index (κ3) is 1.52. The van der Waals surface area contributed by atoms with E-state index in [1.165, 1.54) is 0 Å². The van der Waals surface area contributed by atoms with E-state index in [4.69, 9.17) is 5.11 Å². The molecule has 3 nitrogen and oxygen atoms in total. The van der Waals surface area contributed by atoms with Gasteiger partial charge in [0.05, 0.1) is 5.69 Å². The summed E-state index contributed by atoms with van der Waals surface area (Å²) in [5.41, 5.74) is 1.68. The summed E-state index contributed by atoms with van der Waals surface area (Å²) in [5.74, 6) is -0.993. The van der Waals surface area contributed by atoms with Crippen LogP contribution in [0.5, 0.6) is 0 Å². The minimum Gasteiger partial charge on any atom is -0.477 e.